The normalized spacial score (nSPS) is 15.1. The second kappa shape index (κ2) is 4.93. The van der Waals surface area contributed by atoms with E-state index in [1.807, 2.05) is 0 Å². The van der Waals surface area contributed by atoms with Gasteiger partial charge in [0.25, 0.3) is 11.3 Å². The summed E-state index contributed by atoms with van der Waals surface area (Å²) in [5, 5.41) is 0. The molecule has 0 amide bonds. The van der Waals surface area contributed by atoms with Crippen LogP contribution in [0.15, 0.2) is 0 Å². The Kier molecular flexibility index (Phi) is 4.92. The van der Waals surface area contributed by atoms with E-state index >= 15 is 0 Å². The second-order valence-corrected chi connectivity index (χ2v) is 6.12. The predicted molar refractivity (Wildman–Crippen MR) is 35.9 cm³/mol. The molecule has 0 heterocycles. The Hall–Kier alpha value is -0.0200. The molecular weight excluding hydrogens is 298 g/mol. The average Bonchev–Trinajstić information content (AvgIpc) is 1.98. The Bertz CT molecular complexity index is 325. The highest BCUT2D eigenvalue weighted by Crippen LogP contribution is 2.47. The lowest BCUT2D eigenvalue weighted by molar-refractivity contribution is -0.339. The van der Waals surface area contributed by atoms with Crippen LogP contribution in [0, 0.1) is 0 Å². The fraction of sp³-hybridized carbons (Fsp3) is 1.00. The van der Waals surface area contributed by atoms with Crippen LogP contribution in [0.2, 0.25) is 0 Å². The van der Waals surface area contributed by atoms with Crippen LogP contribution in [0.5, 0.6) is 0 Å². The zero-order valence-electron chi connectivity index (χ0n) is 7.68. The molecule has 0 aliphatic carbocycles. The SMILES string of the molecule is O=P([O-])([O-])C(F)(F)COCC(F)(F)P(=O)([O-])[O-]. The summed E-state index contributed by atoms with van der Waals surface area (Å²) in [6, 6.07) is 0. The molecule has 0 fully saturated rings. The van der Waals surface area contributed by atoms with E-state index in [-0.39, 0.29) is 0 Å². The van der Waals surface area contributed by atoms with Gasteiger partial charge in [-0.1, -0.05) is 0 Å². The minimum absolute atomic E-state index is 2.27. The Balaban J connectivity index is 4.46. The molecule has 0 aromatic heterocycles. The Labute approximate surface area is 91.7 Å². The molecule has 0 radical (unpaired) electrons. The van der Waals surface area contributed by atoms with Gasteiger partial charge in [0.15, 0.2) is 0 Å². The third kappa shape index (κ3) is 4.63. The number of halogens is 4. The molecule has 17 heavy (non-hydrogen) atoms. The van der Waals surface area contributed by atoms with Crippen molar-refractivity contribution < 1.29 is 51.0 Å². The fourth-order valence-electron chi connectivity index (χ4n) is 0.455. The molecule has 0 aliphatic rings. The summed E-state index contributed by atoms with van der Waals surface area (Å²) < 4.78 is 72.4. The van der Waals surface area contributed by atoms with Gasteiger partial charge in [-0.15, -0.1) is 0 Å². The third-order valence-electron chi connectivity index (χ3n) is 1.35. The van der Waals surface area contributed by atoms with Crippen LogP contribution in [0.3, 0.4) is 0 Å². The molecule has 0 atom stereocenters. The van der Waals surface area contributed by atoms with Crippen molar-refractivity contribution >= 4 is 15.2 Å². The first-order valence-corrected chi connectivity index (χ1v) is 6.67. The summed E-state index contributed by atoms with van der Waals surface area (Å²) in [7, 11) is -12.8. The molecule has 0 aromatic carbocycles. The number of hydrogen-bond donors (Lipinski definition) is 0. The van der Waals surface area contributed by atoms with E-state index in [9.17, 15) is 46.3 Å². The number of ether oxygens (including phenoxy) is 1. The first-order chi connectivity index (χ1) is 7.21. The quantitative estimate of drug-likeness (QED) is 0.409. The van der Waals surface area contributed by atoms with Crippen molar-refractivity contribution in [2.24, 2.45) is 0 Å². The molecular formula is C4H4F4O7P2-4. The summed E-state index contributed by atoms with van der Waals surface area (Å²) in [6.45, 7) is -4.54. The van der Waals surface area contributed by atoms with Crippen molar-refractivity contribution in [3.63, 3.8) is 0 Å². The van der Waals surface area contributed by atoms with Crippen molar-refractivity contribution in [3.05, 3.63) is 0 Å². The maximum absolute atomic E-state index is 12.3. The Morgan fingerprint density at radius 2 is 1.06 bits per heavy atom. The molecule has 104 valence electrons. The van der Waals surface area contributed by atoms with Crippen molar-refractivity contribution in [2.45, 2.75) is 11.3 Å². The van der Waals surface area contributed by atoms with E-state index in [2.05, 4.69) is 4.74 Å². The van der Waals surface area contributed by atoms with Gasteiger partial charge in [0.1, 0.15) is 13.2 Å². The molecule has 0 spiro atoms. The van der Waals surface area contributed by atoms with Gasteiger partial charge >= 0.3 is 0 Å². The summed E-state index contributed by atoms with van der Waals surface area (Å²) in [5.74, 6) is 0. The predicted octanol–water partition coefficient (Wildman–Crippen LogP) is -1.98. The molecule has 7 nitrogen and oxygen atoms in total. The molecule has 0 aromatic rings. The molecule has 0 saturated heterocycles. The minimum atomic E-state index is -6.42. The Morgan fingerprint density at radius 1 is 0.824 bits per heavy atom. The average molecular weight is 302 g/mol. The van der Waals surface area contributed by atoms with Crippen molar-refractivity contribution in [2.75, 3.05) is 13.2 Å². The van der Waals surface area contributed by atoms with E-state index in [4.69, 9.17) is 0 Å². The van der Waals surface area contributed by atoms with Crippen molar-refractivity contribution in [1.82, 2.24) is 0 Å². The van der Waals surface area contributed by atoms with Gasteiger partial charge in [0, 0.05) is 15.2 Å². The van der Waals surface area contributed by atoms with Crippen LogP contribution < -0.4 is 19.6 Å². The summed E-state index contributed by atoms with van der Waals surface area (Å²) in [6.07, 6.45) is 0. The van der Waals surface area contributed by atoms with Gasteiger partial charge in [0.2, 0.25) is 0 Å². The van der Waals surface area contributed by atoms with Gasteiger partial charge in [0.05, 0.1) is 0 Å². The highest BCUT2D eigenvalue weighted by atomic mass is 31.2. The van der Waals surface area contributed by atoms with Crippen LogP contribution in [-0.4, -0.2) is 24.5 Å². The van der Waals surface area contributed by atoms with Crippen LogP contribution in [0.25, 0.3) is 0 Å². The first kappa shape index (κ1) is 17.0. The molecule has 0 saturated carbocycles. The van der Waals surface area contributed by atoms with Crippen LogP contribution >= 0.6 is 15.2 Å². The zero-order valence-corrected chi connectivity index (χ0v) is 9.47. The molecule has 0 bridgehead atoms. The van der Waals surface area contributed by atoms with Crippen LogP contribution in [0.1, 0.15) is 0 Å². The number of hydrogen-bond acceptors (Lipinski definition) is 7. The first-order valence-electron chi connectivity index (χ1n) is 3.58. The lowest BCUT2D eigenvalue weighted by Crippen LogP contribution is -2.39. The molecule has 13 heteroatoms. The van der Waals surface area contributed by atoms with E-state index < -0.39 is 39.7 Å². The lowest BCUT2D eigenvalue weighted by Gasteiger charge is -2.39. The highest BCUT2D eigenvalue weighted by Gasteiger charge is 2.38. The zero-order chi connectivity index (χ0) is 14.1. The summed E-state index contributed by atoms with van der Waals surface area (Å²) in [5.41, 5.74) is -9.95. The smallest absolute Gasteiger partial charge is 0.294 e. The molecule has 0 aliphatic heterocycles. The van der Waals surface area contributed by atoms with E-state index in [0.29, 0.717) is 0 Å². The molecule has 0 rings (SSSR count). The van der Waals surface area contributed by atoms with Gasteiger partial charge in [-0.2, -0.15) is 17.6 Å². The molecule has 0 N–H and O–H groups in total. The third-order valence-corrected chi connectivity index (χ3v) is 3.21. The van der Waals surface area contributed by atoms with Crippen molar-refractivity contribution in [1.29, 1.82) is 0 Å². The monoisotopic (exact) mass is 302 g/mol. The topological polar surface area (TPSA) is 136 Å². The van der Waals surface area contributed by atoms with Gasteiger partial charge < -0.3 is 33.4 Å². The lowest BCUT2D eigenvalue weighted by atomic mass is 10.7. The van der Waals surface area contributed by atoms with Crippen LogP contribution in [-0.2, 0) is 13.9 Å². The van der Waals surface area contributed by atoms with Crippen LogP contribution in [0.4, 0.5) is 17.6 Å². The summed E-state index contributed by atoms with van der Waals surface area (Å²) >= 11 is 0. The minimum Gasteiger partial charge on any atom is -0.806 e. The standard InChI is InChI=1S/C4H8F4O7P2/c5-3(6,16(9,10)11)1-15-2-4(7,8)17(12,13)14/h1-2H2,(H2,9,10,11)(H2,12,13,14)/p-4. The summed E-state index contributed by atoms with van der Waals surface area (Å²) in [4.78, 5) is 39.5. The largest absolute Gasteiger partial charge is 0.806 e. The second-order valence-electron chi connectivity index (χ2n) is 2.82. The van der Waals surface area contributed by atoms with Gasteiger partial charge in [-0.3, -0.25) is 0 Å². The van der Waals surface area contributed by atoms with E-state index in [1.165, 1.54) is 0 Å². The van der Waals surface area contributed by atoms with Gasteiger partial charge in [-0.05, 0) is 0 Å². The van der Waals surface area contributed by atoms with E-state index in [1.54, 1.807) is 0 Å². The van der Waals surface area contributed by atoms with Crippen molar-refractivity contribution in [3.8, 4) is 0 Å². The number of alkyl halides is 4. The number of rotatable bonds is 6. The molecule has 0 unspecified atom stereocenters. The van der Waals surface area contributed by atoms with E-state index in [0.717, 1.165) is 0 Å². The highest BCUT2D eigenvalue weighted by molar-refractivity contribution is 7.50. The Morgan fingerprint density at radius 3 is 1.24 bits per heavy atom. The fourth-order valence-corrected chi connectivity index (χ4v) is 0.954. The maximum atomic E-state index is 12.3. The van der Waals surface area contributed by atoms with Gasteiger partial charge in [-0.25, -0.2) is 0 Å². The maximum Gasteiger partial charge on any atom is 0.294 e.